The summed E-state index contributed by atoms with van der Waals surface area (Å²) in [5.74, 6) is 3.71. The van der Waals surface area contributed by atoms with Gasteiger partial charge in [-0.3, -0.25) is 0 Å². The van der Waals surface area contributed by atoms with E-state index in [0.717, 1.165) is 29.7 Å². The lowest BCUT2D eigenvalue weighted by atomic mass is 9.72. The first kappa shape index (κ1) is 21.3. The Labute approximate surface area is 159 Å². The fourth-order valence-corrected chi connectivity index (χ4v) is 5.73. The highest BCUT2D eigenvalue weighted by Gasteiger charge is 2.33. The van der Waals surface area contributed by atoms with E-state index in [4.69, 9.17) is 0 Å². The second-order valence-electron chi connectivity index (χ2n) is 10.4. The maximum absolute atomic E-state index is 4.06. The van der Waals surface area contributed by atoms with E-state index in [-0.39, 0.29) is 0 Å². The van der Waals surface area contributed by atoms with Crippen molar-refractivity contribution in [3.8, 4) is 0 Å². The summed E-state index contributed by atoms with van der Waals surface area (Å²) in [6.07, 6.45) is 17.2. The number of nitrogens with one attached hydrogen (secondary N) is 1. The molecule has 0 aromatic carbocycles. The van der Waals surface area contributed by atoms with E-state index in [1.54, 1.807) is 0 Å². The van der Waals surface area contributed by atoms with Gasteiger partial charge in [0.15, 0.2) is 0 Å². The number of hydrogen-bond donors (Lipinski definition) is 1. The topological polar surface area (TPSA) is 12.0 Å². The molecule has 0 aromatic heterocycles. The second-order valence-corrected chi connectivity index (χ2v) is 10.4. The molecule has 2 aliphatic rings. The van der Waals surface area contributed by atoms with Gasteiger partial charge in [0.1, 0.15) is 0 Å². The van der Waals surface area contributed by atoms with E-state index in [1.807, 2.05) is 0 Å². The molecule has 1 saturated heterocycles. The highest BCUT2D eigenvalue weighted by molar-refractivity contribution is 4.87. The van der Waals surface area contributed by atoms with Gasteiger partial charge in [-0.1, -0.05) is 73.1 Å². The summed E-state index contributed by atoms with van der Waals surface area (Å²) in [4.78, 5) is 0. The zero-order chi connectivity index (χ0) is 18.3. The molecular formula is C24H47N. The van der Waals surface area contributed by atoms with Gasteiger partial charge >= 0.3 is 0 Å². The monoisotopic (exact) mass is 349 g/mol. The van der Waals surface area contributed by atoms with Crippen LogP contribution >= 0.6 is 0 Å². The maximum Gasteiger partial charge on any atom is 0.00980 e. The lowest BCUT2D eigenvalue weighted by Gasteiger charge is -2.38. The average molecular weight is 350 g/mol. The van der Waals surface area contributed by atoms with Crippen LogP contribution in [0.25, 0.3) is 0 Å². The van der Waals surface area contributed by atoms with Crippen molar-refractivity contribution in [3.63, 3.8) is 0 Å². The Balaban J connectivity index is 2.10. The van der Waals surface area contributed by atoms with Crippen molar-refractivity contribution in [2.45, 2.75) is 118 Å². The zero-order valence-corrected chi connectivity index (χ0v) is 18.1. The van der Waals surface area contributed by atoms with E-state index >= 15 is 0 Å². The quantitative estimate of drug-likeness (QED) is 0.568. The summed E-state index contributed by atoms with van der Waals surface area (Å²) in [7, 11) is 0. The molecule has 1 heteroatoms. The minimum Gasteiger partial charge on any atom is -0.314 e. The van der Waals surface area contributed by atoms with E-state index in [0.29, 0.717) is 5.41 Å². The molecule has 1 nitrogen and oxygen atoms in total. The summed E-state index contributed by atoms with van der Waals surface area (Å²) in [5, 5.41) is 4.06. The molecule has 1 aliphatic heterocycles. The summed E-state index contributed by atoms with van der Waals surface area (Å²) >= 11 is 0. The van der Waals surface area contributed by atoms with Crippen molar-refractivity contribution < 1.29 is 0 Å². The van der Waals surface area contributed by atoms with Crippen molar-refractivity contribution in [1.29, 1.82) is 0 Å². The SMILES string of the molecule is CCC(C)C1CCCC(C)CCCC1C1CCCC(C)(C)CCCN1. The van der Waals surface area contributed by atoms with Gasteiger partial charge in [-0.15, -0.1) is 0 Å². The molecule has 1 aliphatic carbocycles. The van der Waals surface area contributed by atoms with Gasteiger partial charge in [0, 0.05) is 6.04 Å². The Bertz CT molecular complexity index is 361. The fourth-order valence-electron chi connectivity index (χ4n) is 5.73. The normalized spacial score (nSPS) is 36.8. The average Bonchev–Trinajstić information content (AvgIpc) is 2.72. The molecule has 0 aromatic rings. The lowest BCUT2D eigenvalue weighted by molar-refractivity contribution is 0.152. The van der Waals surface area contributed by atoms with Crippen LogP contribution in [0.3, 0.4) is 0 Å². The highest BCUT2D eigenvalue weighted by atomic mass is 14.9. The Morgan fingerprint density at radius 3 is 2.32 bits per heavy atom. The summed E-state index contributed by atoms with van der Waals surface area (Å²) in [6.45, 7) is 13.6. The van der Waals surface area contributed by atoms with Crippen LogP contribution < -0.4 is 5.32 Å². The van der Waals surface area contributed by atoms with Crippen LogP contribution in [0.2, 0.25) is 0 Å². The predicted octanol–water partition coefficient (Wildman–Crippen LogP) is 7.20. The highest BCUT2D eigenvalue weighted by Crippen LogP contribution is 2.39. The van der Waals surface area contributed by atoms with Crippen molar-refractivity contribution in [2.75, 3.05) is 6.54 Å². The molecule has 1 saturated carbocycles. The predicted molar refractivity (Wildman–Crippen MR) is 112 cm³/mol. The standard InChI is InChI=1S/C24H47N/c1-6-20(3)21-13-7-11-19(2)12-8-14-22(21)23-15-9-16-24(4,5)17-10-18-25-23/h19-23,25H,6-18H2,1-5H3. The molecule has 0 spiro atoms. The summed E-state index contributed by atoms with van der Waals surface area (Å²) in [6, 6.07) is 0.779. The van der Waals surface area contributed by atoms with Crippen molar-refractivity contribution in [3.05, 3.63) is 0 Å². The molecular weight excluding hydrogens is 302 g/mol. The molecule has 1 N–H and O–H groups in total. The van der Waals surface area contributed by atoms with Crippen LogP contribution in [-0.2, 0) is 0 Å². The molecule has 0 radical (unpaired) electrons. The van der Waals surface area contributed by atoms with Gasteiger partial charge in [-0.05, 0) is 74.2 Å². The third kappa shape index (κ3) is 6.89. The minimum absolute atomic E-state index is 0.556. The van der Waals surface area contributed by atoms with Gasteiger partial charge in [0.05, 0.1) is 0 Å². The Hall–Kier alpha value is -0.0400. The molecule has 1 heterocycles. The van der Waals surface area contributed by atoms with Gasteiger partial charge in [-0.2, -0.15) is 0 Å². The lowest BCUT2D eigenvalue weighted by Crippen LogP contribution is -2.41. The van der Waals surface area contributed by atoms with Crippen molar-refractivity contribution >= 4 is 0 Å². The minimum atomic E-state index is 0.556. The molecule has 2 rings (SSSR count). The smallest absolute Gasteiger partial charge is 0.00980 e. The van der Waals surface area contributed by atoms with E-state index in [9.17, 15) is 0 Å². The van der Waals surface area contributed by atoms with E-state index < -0.39 is 0 Å². The number of rotatable bonds is 3. The third-order valence-electron chi connectivity index (χ3n) is 7.72. The van der Waals surface area contributed by atoms with Crippen LogP contribution in [0, 0.1) is 29.1 Å². The first-order valence-electron chi connectivity index (χ1n) is 11.7. The fraction of sp³-hybridized carbons (Fsp3) is 1.00. The Kier molecular flexibility index (Phi) is 8.79. The van der Waals surface area contributed by atoms with Gasteiger partial charge in [-0.25, -0.2) is 0 Å². The summed E-state index contributed by atoms with van der Waals surface area (Å²) in [5.41, 5.74) is 0.556. The Morgan fingerprint density at radius 2 is 1.60 bits per heavy atom. The van der Waals surface area contributed by atoms with E-state index in [1.165, 1.54) is 83.6 Å². The summed E-state index contributed by atoms with van der Waals surface area (Å²) < 4.78 is 0. The van der Waals surface area contributed by atoms with Crippen LogP contribution in [0.1, 0.15) is 112 Å². The van der Waals surface area contributed by atoms with E-state index in [2.05, 4.69) is 39.9 Å². The number of hydrogen-bond acceptors (Lipinski definition) is 1. The molecule has 2 fully saturated rings. The first-order chi connectivity index (χ1) is 11.9. The molecule has 0 amide bonds. The van der Waals surface area contributed by atoms with Gasteiger partial charge in [0.25, 0.3) is 0 Å². The molecule has 25 heavy (non-hydrogen) atoms. The van der Waals surface area contributed by atoms with Gasteiger partial charge in [0.2, 0.25) is 0 Å². The van der Waals surface area contributed by atoms with Crippen molar-refractivity contribution in [2.24, 2.45) is 29.1 Å². The van der Waals surface area contributed by atoms with Gasteiger partial charge < -0.3 is 5.32 Å². The molecule has 5 atom stereocenters. The molecule has 5 unspecified atom stereocenters. The van der Waals surface area contributed by atoms with Crippen LogP contribution in [0.15, 0.2) is 0 Å². The Morgan fingerprint density at radius 1 is 0.920 bits per heavy atom. The largest absolute Gasteiger partial charge is 0.314 e. The molecule has 148 valence electrons. The van der Waals surface area contributed by atoms with Crippen LogP contribution in [0.5, 0.6) is 0 Å². The zero-order valence-electron chi connectivity index (χ0n) is 18.1. The van der Waals surface area contributed by atoms with Crippen LogP contribution in [0.4, 0.5) is 0 Å². The molecule has 0 bridgehead atoms. The third-order valence-corrected chi connectivity index (χ3v) is 7.72. The maximum atomic E-state index is 4.06. The first-order valence-corrected chi connectivity index (χ1v) is 11.7. The van der Waals surface area contributed by atoms with Crippen molar-refractivity contribution in [1.82, 2.24) is 5.32 Å². The second kappa shape index (κ2) is 10.3. The van der Waals surface area contributed by atoms with Crippen LogP contribution in [-0.4, -0.2) is 12.6 Å².